The van der Waals surface area contributed by atoms with E-state index in [1.54, 1.807) is 6.07 Å². The molecule has 0 spiro atoms. The number of rotatable bonds is 9. The van der Waals surface area contributed by atoms with E-state index in [0.717, 1.165) is 16.9 Å². The SMILES string of the molecule is CCc1sc(C(=O)OCC(=O)NCc2ccc(OC(F)F)c(OC)c2)cc1C. The average molecular weight is 413 g/mol. The van der Waals surface area contributed by atoms with E-state index in [0.29, 0.717) is 10.4 Å². The Labute approximate surface area is 165 Å². The van der Waals surface area contributed by atoms with Crippen LogP contribution in [0.15, 0.2) is 24.3 Å². The van der Waals surface area contributed by atoms with Gasteiger partial charge in [0.2, 0.25) is 0 Å². The molecule has 0 aliphatic rings. The summed E-state index contributed by atoms with van der Waals surface area (Å²) in [5.41, 5.74) is 1.64. The summed E-state index contributed by atoms with van der Waals surface area (Å²) in [4.78, 5) is 25.5. The molecule has 2 aromatic rings. The van der Waals surface area contributed by atoms with Gasteiger partial charge in [-0.2, -0.15) is 8.78 Å². The summed E-state index contributed by atoms with van der Waals surface area (Å²) < 4.78 is 39.0. The first-order valence-corrected chi connectivity index (χ1v) is 9.30. The van der Waals surface area contributed by atoms with Gasteiger partial charge in [-0.1, -0.05) is 13.0 Å². The number of hydrogen-bond acceptors (Lipinski definition) is 6. The van der Waals surface area contributed by atoms with Gasteiger partial charge in [-0.3, -0.25) is 4.79 Å². The molecule has 0 bridgehead atoms. The Morgan fingerprint density at radius 2 is 1.96 bits per heavy atom. The molecule has 0 radical (unpaired) electrons. The maximum Gasteiger partial charge on any atom is 0.387 e. The molecule has 2 rings (SSSR count). The molecule has 0 saturated heterocycles. The summed E-state index contributed by atoms with van der Waals surface area (Å²) >= 11 is 1.35. The van der Waals surface area contributed by atoms with Gasteiger partial charge in [0.1, 0.15) is 4.88 Å². The van der Waals surface area contributed by atoms with Crippen molar-refractivity contribution >= 4 is 23.2 Å². The predicted octanol–water partition coefficient (Wildman–Crippen LogP) is 3.70. The maximum atomic E-state index is 12.3. The summed E-state index contributed by atoms with van der Waals surface area (Å²) in [6, 6.07) is 6.08. The molecule has 1 heterocycles. The van der Waals surface area contributed by atoms with Gasteiger partial charge in [0.15, 0.2) is 18.1 Å². The molecule has 1 amide bonds. The van der Waals surface area contributed by atoms with Gasteiger partial charge in [0.25, 0.3) is 5.91 Å². The zero-order valence-corrected chi connectivity index (χ0v) is 16.5. The number of halogens is 2. The number of aryl methyl sites for hydroxylation is 2. The van der Waals surface area contributed by atoms with Gasteiger partial charge in [-0.15, -0.1) is 11.3 Å². The lowest BCUT2D eigenvalue weighted by atomic mass is 10.2. The molecule has 0 atom stereocenters. The Morgan fingerprint density at radius 1 is 1.21 bits per heavy atom. The molecule has 0 fully saturated rings. The second-order valence-corrected chi connectivity index (χ2v) is 6.92. The highest BCUT2D eigenvalue weighted by atomic mass is 32.1. The summed E-state index contributed by atoms with van der Waals surface area (Å²) in [5.74, 6) is -1.00. The highest BCUT2D eigenvalue weighted by Gasteiger charge is 2.15. The van der Waals surface area contributed by atoms with E-state index in [1.807, 2.05) is 13.8 Å². The standard InChI is InChI=1S/C19H21F2NO5S/c1-4-15-11(2)7-16(28-15)18(24)26-10-17(23)22-9-12-5-6-13(27-19(20)21)14(8-12)25-3/h5-8,19H,4,9-10H2,1-3H3,(H,22,23). The number of alkyl halides is 2. The average Bonchev–Trinajstić information content (AvgIpc) is 3.05. The number of esters is 1. The number of ether oxygens (including phenoxy) is 3. The lowest BCUT2D eigenvalue weighted by molar-refractivity contribution is -0.124. The fraction of sp³-hybridized carbons (Fsp3) is 0.368. The molecule has 1 N–H and O–H groups in total. The van der Waals surface area contributed by atoms with E-state index >= 15 is 0 Å². The van der Waals surface area contributed by atoms with Crippen LogP contribution in [-0.4, -0.2) is 32.2 Å². The Hall–Kier alpha value is -2.68. The number of carbonyl (C=O) groups is 2. The topological polar surface area (TPSA) is 73.9 Å². The molecule has 9 heteroatoms. The Morgan fingerprint density at radius 3 is 2.57 bits per heavy atom. The third-order valence-corrected chi connectivity index (χ3v) is 5.17. The van der Waals surface area contributed by atoms with Crippen LogP contribution in [-0.2, 0) is 22.5 Å². The molecule has 28 heavy (non-hydrogen) atoms. The lowest BCUT2D eigenvalue weighted by Gasteiger charge is -2.12. The highest BCUT2D eigenvalue weighted by molar-refractivity contribution is 7.14. The summed E-state index contributed by atoms with van der Waals surface area (Å²) in [5, 5.41) is 2.59. The summed E-state index contributed by atoms with van der Waals surface area (Å²) in [7, 11) is 1.33. The number of amides is 1. The Bertz CT molecular complexity index is 838. The van der Waals surface area contributed by atoms with Crippen LogP contribution >= 0.6 is 11.3 Å². The van der Waals surface area contributed by atoms with E-state index < -0.39 is 25.1 Å². The van der Waals surface area contributed by atoms with E-state index in [4.69, 9.17) is 9.47 Å². The monoisotopic (exact) mass is 413 g/mol. The van der Waals surface area contributed by atoms with Gasteiger partial charge < -0.3 is 19.5 Å². The van der Waals surface area contributed by atoms with Crippen molar-refractivity contribution < 1.29 is 32.6 Å². The third kappa shape index (κ3) is 5.91. The van der Waals surface area contributed by atoms with E-state index in [9.17, 15) is 18.4 Å². The second kappa shape index (κ2) is 10.0. The molecule has 0 saturated carbocycles. The highest BCUT2D eigenvalue weighted by Crippen LogP contribution is 2.29. The van der Waals surface area contributed by atoms with Crippen LogP contribution in [0.25, 0.3) is 0 Å². The molecule has 152 valence electrons. The number of benzene rings is 1. The first kappa shape index (κ1) is 21.6. The van der Waals surface area contributed by atoms with Crippen molar-refractivity contribution in [1.29, 1.82) is 0 Å². The first-order valence-electron chi connectivity index (χ1n) is 8.48. The van der Waals surface area contributed by atoms with Gasteiger partial charge in [0, 0.05) is 11.4 Å². The van der Waals surface area contributed by atoms with Gasteiger partial charge in [-0.05, 0) is 42.7 Å². The van der Waals surface area contributed by atoms with Crippen LogP contribution < -0.4 is 14.8 Å². The van der Waals surface area contributed by atoms with Crippen molar-refractivity contribution in [1.82, 2.24) is 5.32 Å². The van der Waals surface area contributed by atoms with Crippen LogP contribution in [0.5, 0.6) is 11.5 Å². The van der Waals surface area contributed by atoms with Crippen LogP contribution in [0.2, 0.25) is 0 Å². The Balaban J connectivity index is 1.85. The molecule has 0 aliphatic carbocycles. The molecule has 0 unspecified atom stereocenters. The fourth-order valence-electron chi connectivity index (χ4n) is 2.44. The van der Waals surface area contributed by atoms with Crippen molar-refractivity contribution in [2.75, 3.05) is 13.7 Å². The normalized spacial score (nSPS) is 10.6. The van der Waals surface area contributed by atoms with Crippen molar-refractivity contribution in [3.63, 3.8) is 0 Å². The van der Waals surface area contributed by atoms with Crippen molar-refractivity contribution in [2.24, 2.45) is 0 Å². The second-order valence-electron chi connectivity index (χ2n) is 5.79. The van der Waals surface area contributed by atoms with Crippen LogP contribution in [0.3, 0.4) is 0 Å². The minimum Gasteiger partial charge on any atom is -0.493 e. The number of thiophene rings is 1. The first-order chi connectivity index (χ1) is 13.3. The lowest BCUT2D eigenvalue weighted by Crippen LogP contribution is -2.28. The number of nitrogens with one attached hydrogen (secondary N) is 1. The molecule has 1 aromatic carbocycles. The summed E-state index contributed by atoms with van der Waals surface area (Å²) in [6.07, 6.45) is 0.828. The molecule has 1 aromatic heterocycles. The van der Waals surface area contributed by atoms with Crippen LogP contribution in [0, 0.1) is 6.92 Å². The van der Waals surface area contributed by atoms with Gasteiger partial charge in [-0.25, -0.2) is 4.79 Å². The largest absolute Gasteiger partial charge is 0.493 e. The number of methoxy groups -OCH3 is 1. The molecular formula is C19H21F2NO5S. The van der Waals surface area contributed by atoms with E-state index in [-0.39, 0.29) is 18.0 Å². The van der Waals surface area contributed by atoms with Crippen LogP contribution in [0.1, 0.15) is 32.6 Å². The predicted molar refractivity (Wildman–Crippen MR) is 100 cm³/mol. The van der Waals surface area contributed by atoms with Crippen molar-refractivity contribution in [3.05, 3.63) is 45.1 Å². The molecule has 6 nitrogen and oxygen atoms in total. The minimum atomic E-state index is -2.96. The minimum absolute atomic E-state index is 0.0980. The fourth-order valence-corrected chi connectivity index (χ4v) is 3.45. The third-order valence-electron chi connectivity index (χ3n) is 3.81. The van der Waals surface area contributed by atoms with Crippen molar-refractivity contribution in [2.45, 2.75) is 33.4 Å². The van der Waals surface area contributed by atoms with Crippen molar-refractivity contribution in [3.8, 4) is 11.5 Å². The number of carbonyl (C=O) groups excluding carboxylic acids is 2. The van der Waals surface area contributed by atoms with Gasteiger partial charge in [0.05, 0.1) is 7.11 Å². The zero-order valence-electron chi connectivity index (χ0n) is 15.7. The van der Waals surface area contributed by atoms with E-state index in [1.165, 1.54) is 36.6 Å². The maximum absolute atomic E-state index is 12.3. The Kier molecular flexibility index (Phi) is 7.74. The zero-order chi connectivity index (χ0) is 20.7. The number of hydrogen-bond donors (Lipinski definition) is 1. The van der Waals surface area contributed by atoms with Gasteiger partial charge >= 0.3 is 12.6 Å². The smallest absolute Gasteiger partial charge is 0.387 e. The molecular weight excluding hydrogens is 392 g/mol. The quantitative estimate of drug-likeness (QED) is 0.635. The molecule has 0 aliphatic heterocycles. The van der Waals surface area contributed by atoms with Crippen LogP contribution in [0.4, 0.5) is 8.78 Å². The summed E-state index contributed by atoms with van der Waals surface area (Å²) in [6.45, 7) is 0.656. The van der Waals surface area contributed by atoms with E-state index in [2.05, 4.69) is 10.1 Å².